The Morgan fingerprint density at radius 3 is 2.77 bits per heavy atom. The average molecular weight is 430 g/mol. The fourth-order valence-corrected chi connectivity index (χ4v) is 5.67. The van der Waals surface area contributed by atoms with E-state index in [9.17, 15) is 4.79 Å². The van der Waals surface area contributed by atoms with Crippen LogP contribution in [-0.2, 0) is 12.8 Å². The number of rotatable bonds is 5. The summed E-state index contributed by atoms with van der Waals surface area (Å²) in [5.41, 5.74) is 2.44. The van der Waals surface area contributed by atoms with E-state index in [4.69, 9.17) is 4.98 Å². The number of carbonyl (C=O) groups is 1. The molecule has 0 aromatic carbocycles. The van der Waals surface area contributed by atoms with E-state index >= 15 is 0 Å². The van der Waals surface area contributed by atoms with Gasteiger partial charge in [-0.1, -0.05) is 20.8 Å². The van der Waals surface area contributed by atoms with Gasteiger partial charge in [-0.25, -0.2) is 9.97 Å². The zero-order chi connectivity index (χ0) is 21.6. The minimum atomic E-state index is -0.211. The number of aromatic nitrogens is 4. The number of quaternary nitrogens is 1. The third kappa shape index (κ3) is 3.95. The Kier molecular flexibility index (Phi) is 5.57. The van der Waals surface area contributed by atoms with E-state index in [2.05, 4.69) is 50.3 Å². The van der Waals surface area contributed by atoms with Crippen molar-refractivity contribution in [2.75, 3.05) is 27.2 Å². The highest BCUT2D eigenvalue weighted by Crippen LogP contribution is 2.43. The van der Waals surface area contributed by atoms with E-state index in [1.807, 2.05) is 6.92 Å². The second-order valence-electron chi connectivity index (χ2n) is 9.89. The summed E-state index contributed by atoms with van der Waals surface area (Å²) in [6, 6.07) is 0. The molecule has 8 heteroatoms. The zero-order valence-electron chi connectivity index (χ0n) is 18.9. The molecule has 7 nitrogen and oxygen atoms in total. The Bertz CT molecular complexity index is 1090. The van der Waals surface area contributed by atoms with Crippen LogP contribution in [0.5, 0.6) is 0 Å². The summed E-state index contributed by atoms with van der Waals surface area (Å²) >= 11 is 1.79. The maximum Gasteiger partial charge on any atom is 0.290 e. The molecule has 4 rings (SSSR count). The minimum absolute atomic E-state index is 0.211. The number of carbonyl (C=O) groups excluding carboxylic acids is 1. The van der Waals surface area contributed by atoms with E-state index in [1.54, 1.807) is 15.9 Å². The molecule has 0 fully saturated rings. The largest absolute Gasteiger partial charge is 0.349 e. The lowest BCUT2D eigenvalue weighted by molar-refractivity contribution is -0.858. The minimum Gasteiger partial charge on any atom is -0.349 e. The SMILES string of the molecule is Cc1nc2sc3c(c2c2nc(C(=O)NCCC[NH+](C)C)nn12)CC[C@@H](C(C)(C)C)C3. The number of hydrogen-bond donors (Lipinski definition) is 2. The van der Waals surface area contributed by atoms with Crippen LogP contribution in [0.1, 0.15) is 60.5 Å². The highest BCUT2D eigenvalue weighted by molar-refractivity contribution is 7.19. The molecule has 0 aliphatic heterocycles. The molecule has 3 heterocycles. The van der Waals surface area contributed by atoms with Gasteiger partial charge in [0, 0.05) is 17.8 Å². The van der Waals surface area contributed by atoms with E-state index < -0.39 is 0 Å². The van der Waals surface area contributed by atoms with Gasteiger partial charge in [0.1, 0.15) is 10.7 Å². The van der Waals surface area contributed by atoms with Crippen molar-refractivity contribution >= 4 is 33.1 Å². The number of nitrogens with one attached hydrogen (secondary N) is 2. The van der Waals surface area contributed by atoms with Crippen LogP contribution in [0.2, 0.25) is 0 Å². The molecule has 0 unspecified atom stereocenters. The third-order valence-electron chi connectivity index (χ3n) is 6.21. The predicted molar refractivity (Wildman–Crippen MR) is 120 cm³/mol. The lowest BCUT2D eigenvalue weighted by Crippen LogP contribution is -3.05. The second kappa shape index (κ2) is 7.89. The fourth-order valence-electron chi connectivity index (χ4n) is 4.33. The first-order valence-electron chi connectivity index (χ1n) is 10.9. The van der Waals surface area contributed by atoms with Crippen LogP contribution in [-0.4, -0.2) is 52.7 Å². The molecule has 0 spiro atoms. The first-order chi connectivity index (χ1) is 14.1. The van der Waals surface area contributed by atoms with Gasteiger partial charge in [0.15, 0.2) is 5.65 Å². The van der Waals surface area contributed by atoms with E-state index in [1.165, 1.54) is 21.8 Å². The molecule has 1 atom stereocenters. The van der Waals surface area contributed by atoms with E-state index in [0.717, 1.165) is 47.5 Å². The van der Waals surface area contributed by atoms with Crippen LogP contribution in [0.25, 0.3) is 15.9 Å². The maximum absolute atomic E-state index is 12.6. The van der Waals surface area contributed by atoms with Crippen molar-refractivity contribution in [3.05, 3.63) is 22.1 Å². The van der Waals surface area contributed by atoms with Crippen molar-refractivity contribution in [2.24, 2.45) is 11.3 Å². The van der Waals surface area contributed by atoms with Gasteiger partial charge in [-0.3, -0.25) is 4.79 Å². The fraction of sp³-hybridized carbons (Fsp3) is 0.636. The number of hydrogen-bond acceptors (Lipinski definition) is 5. The third-order valence-corrected chi connectivity index (χ3v) is 7.36. The molecule has 1 aliphatic carbocycles. The molecule has 0 saturated heterocycles. The van der Waals surface area contributed by atoms with Crippen molar-refractivity contribution in [1.29, 1.82) is 0 Å². The predicted octanol–water partition coefficient (Wildman–Crippen LogP) is 2.06. The van der Waals surface area contributed by atoms with Crippen LogP contribution < -0.4 is 10.2 Å². The quantitative estimate of drug-likeness (QED) is 0.609. The zero-order valence-corrected chi connectivity index (χ0v) is 19.7. The summed E-state index contributed by atoms with van der Waals surface area (Å²) in [5.74, 6) is 1.47. The van der Waals surface area contributed by atoms with Gasteiger partial charge in [0.05, 0.1) is 26.0 Å². The summed E-state index contributed by atoms with van der Waals surface area (Å²) in [4.78, 5) is 25.9. The van der Waals surface area contributed by atoms with E-state index in [0.29, 0.717) is 17.9 Å². The Hall–Kier alpha value is -2.06. The van der Waals surface area contributed by atoms with Gasteiger partial charge in [0.25, 0.3) is 5.91 Å². The van der Waals surface area contributed by atoms with Gasteiger partial charge in [-0.15, -0.1) is 16.4 Å². The molecule has 0 saturated carbocycles. The summed E-state index contributed by atoms with van der Waals surface area (Å²) < 4.78 is 1.74. The number of aryl methyl sites for hydroxylation is 2. The Morgan fingerprint density at radius 2 is 2.07 bits per heavy atom. The van der Waals surface area contributed by atoms with Crippen LogP contribution >= 0.6 is 11.3 Å². The smallest absolute Gasteiger partial charge is 0.290 e. The Labute approximate surface area is 181 Å². The molecule has 3 aromatic rings. The van der Waals surface area contributed by atoms with Crippen LogP contribution in [0.15, 0.2) is 0 Å². The van der Waals surface area contributed by atoms with E-state index in [-0.39, 0.29) is 11.7 Å². The molecule has 1 aliphatic rings. The number of nitrogens with zero attached hydrogens (tertiary/aromatic N) is 4. The van der Waals surface area contributed by atoms with Crippen molar-refractivity contribution in [3.8, 4) is 0 Å². The first-order valence-corrected chi connectivity index (χ1v) is 11.7. The molecule has 0 radical (unpaired) electrons. The molecular weight excluding hydrogens is 396 g/mol. The molecule has 3 aromatic heterocycles. The monoisotopic (exact) mass is 429 g/mol. The lowest BCUT2D eigenvalue weighted by atomic mass is 9.72. The normalized spacial score (nSPS) is 17.1. The summed E-state index contributed by atoms with van der Waals surface area (Å²) in [5, 5.41) is 8.54. The molecule has 1 amide bonds. The lowest BCUT2D eigenvalue weighted by Gasteiger charge is -2.33. The summed E-state index contributed by atoms with van der Waals surface area (Å²) in [6.45, 7) is 10.6. The molecular formula is C22H33N6OS+. The molecule has 162 valence electrons. The standard InChI is InChI=1S/C22H32N6OS/c1-13-24-21-17(15-9-8-14(22(2,3)4)12-16(15)30-21)19-25-18(26-28(13)19)20(29)23-10-7-11-27(5)6/h14H,7-12H2,1-6H3,(H,23,29)/p+1/t14-/m1/s1. The van der Waals surface area contributed by atoms with Crippen molar-refractivity contribution in [1.82, 2.24) is 24.9 Å². The molecule has 2 N–H and O–H groups in total. The summed E-state index contributed by atoms with van der Waals surface area (Å²) in [6.07, 6.45) is 4.25. The molecule has 30 heavy (non-hydrogen) atoms. The van der Waals surface area contributed by atoms with Crippen molar-refractivity contribution in [3.63, 3.8) is 0 Å². The average Bonchev–Trinajstić information content (AvgIpc) is 3.25. The second-order valence-corrected chi connectivity index (χ2v) is 11.0. The summed E-state index contributed by atoms with van der Waals surface area (Å²) in [7, 11) is 4.22. The van der Waals surface area contributed by atoms with Gasteiger partial charge >= 0.3 is 0 Å². The topological polar surface area (TPSA) is 76.6 Å². The van der Waals surface area contributed by atoms with Crippen LogP contribution in [0, 0.1) is 18.3 Å². The van der Waals surface area contributed by atoms with Crippen LogP contribution in [0.3, 0.4) is 0 Å². The first kappa shape index (κ1) is 21.2. The van der Waals surface area contributed by atoms with Crippen molar-refractivity contribution < 1.29 is 9.69 Å². The maximum atomic E-state index is 12.6. The number of thiophene rings is 1. The Morgan fingerprint density at radius 1 is 1.30 bits per heavy atom. The van der Waals surface area contributed by atoms with Gasteiger partial charge in [-0.2, -0.15) is 4.52 Å². The highest BCUT2D eigenvalue weighted by atomic mass is 32.1. The number of amides is 1. The highest BCUT2D eigenvalue weighted by Gasteiger charge is 2.32. The van der Waals surface area contributed by atoms with Crippen molar-refractivity contribution in [2.45, 2.75) is 53.4 Å². The Balaban J connectivity index is 1.67. The van der Waals surface area contributed by atoms with Gasteiger partial charge in [-0.05, 0) is 43.1 Å². The molecule has 0 bridgehead atoms. The van der Waals surface area contributed by atoms with Gasteiger partial charge < -0.3 is 10.2 Å². The number of fused-ring (bicyclic) bond motifs is 5. The van der Waals surface area contributed by atoms with Gasteiger partial charge in [0.2, 0.25) is 5.82 Å². The van der Waals surface area contributed by atoms with Crippen LogP contribution in [0.4, 0.5) is 0 Å².